The van der Waals surface area contributed by atoms with Crippen LogP contribution in [0.4, 0.5) is 13.2 Å². The third kappa shape index (κ3) is 3.74. The Morgan fingerprint density at radius 2 is 2.04 bits per heavy atom. The summed E-state index contributed by atoms with van der Waals surface area (Å²) in [6, 6.07) is 8.71. The third-order valence-electron chi connectivity index (χ3n) is 3.14. The molecule has 0 radical (unpaired) electrons. The second kappa shape index (κ2) is 7.00. The van der Waals surface area contributed by atoms with Crippen LogP contribution < -0.4 is 4.74 Å². The zero-order chi connectivity index (χ0) is 17.8. The van der Waals surface area contributed by atoms with Gasteiger partial charge in [-0.3, -0.25) is 4.98 Å². The van der Waals surface area contributed by atoms with Gasteiger partial charge in [0.05, 0.1) is 16.8 Å². The van der Waals surface area contributed by atoms with Crippen LogP contribution >= 0.6 is 0 Å². The summed E-state index contributed by atoms with van der Waals surface area (Å²) in [6.07, 6.45) is -1.46. The van der Waals surface area contributed by atoms with Gasteiger partial charge in [0.15, 0.2) is 0 Å². The lowest BCUT2D eigenvalue weighted by Crippen LogP contribution is -1.99. The van der Waals surface area contributed by atoms with Crippen molar-refractivity contribution in [1.29, 1.82) is 5.26 Å². The Hall–Kier alpha value is -3.41. The van der Waals surface area contributed by atoms with Gasteiger partial charge in [0.25, 0.3) is 5.89 Å². The van der Waals surface area contributed by atoms with E-state index in [4.69, 9.17) is 14.4 Å². The molecular formula is C16H9F3N4O2. The zero-order valence-electron chi connectivity index (χ0n) is 12.5. The Morgan fingerprint density at radius 1 is 1.20 bits per heavy atom. The molecule has 0 aliphatic rings. The van der Waals surface area contributed by atoms with E-state index in [9.17, 15) is 13.2 Å². The molecule has 1 aromatic carbocycles. The number of aromatic nitrogens is 3. The molecule has 0 N–H and O–H groups in total. The van der Waals surface area contributed by atoms with Crippen LogP contribution in [-0.2, 0) is 6.61 Å². The zero-order valence-corrected chi connectivity index (χ0v) is 12.5. The fourth-order valence-electron chi connectivity index (χ4n) is 1.91. The maximum atomic E-state index is 13.2. The van der Waals surface area contributed by atoms with Crippen LogP contribution in [0.5, 0.6) is 5.75 Å². The highest BCUT2D eigenvalue weighted by Gasteiger charge is 2.17. The number of nitrogens with zero attached hydrogens (tertiary/aromatic N) is 4. The minimum atomic E-state index is -2.84. The molecule has 0 aliphatic heterocycles. The molecule has 0 spiro atoms. The van der Waals surface area contributed by atoms with Crippen LogP contribution in [-0.4, -0.2) is 15.2 Å². The number of rotatable bonds is 5. The molecule has 3 aromatic rings. The highest BCUT2D eigenvalue weighted by molar-refractivity contribution is 5.50. The predicted molar refractivity (Wildman–Crippen MR) is 77.9 cm³/mol. The molecule has 0 amide bonds. The van der Waals surface area contributed by atoms with Crippen molar-refractivity contribution in [2.24, 2.45) is 0 Å². The maximum absolute atomic E-state index is 13.2. The van der Waals surface area contributed by atoms with E-state index in [1.54, 1.807) is 18.2 Å². The molecule has 0 unspecified atom stereocenters. The second-order valence-corrected chi connectivity index (χ2v) is 4.83. The van der Waals surface area contributed by atoms with Gasteiger partial charge >= 0.3 is 6.43 Å². The molecule has 6 nitrogen and oxygen atoms in total. The molecule has 0 saturated heterocycles. The number of halogens is 3. The summed E-state index contributed by atoms with van der Waals surface area (Å²) in [4.78, 5) is 4.11. The lowest BCUT2D eigenvalue weighted by Gasteiger charge is -2.06. The normalized spacial score (nSPS) is 10.7. The standard InChI is InChI=1S/C16H9F3N4O2/c17-13-4-3-12(5-10(13)6-20)24-8-11-2-1-9(7-21-11)15-22-23-16(25-15)14(18)19/h1-5,7,14H,8H2. The van der Waals surface area contributed by atoms with E-state index in [-0.39, 0.29) is 18.1 Å². The summed E-state index contributed by atoms with van der Waals surface area (Å²) in [5, 5.41) is 15.5. The number of hydrogen-bond donors (Lipinski definition) is 0. The average molecular weight is 346 g/mol. The van der Waals surface area contributed by atoms with E-state index in [2.05, 4.69) is 15.2 Å². The quantitative estimate of drug-likeness (QED) is 0.701. The van der Waals surface area contributed by atoms with Gasteiger partial charge in [-0.05, 0) is 24.3 Å². The van der Waals surface area contributed by atoms with Gasteiger partial charge in [0, 0.05) is 12.3 Å². The van der Waals surface area contributed by atoms with Crippen LogP contribution in [0, 0.1) is 17.1 Å². The molecule has 25 heavy (non-hydrogen) atoms. The van der Waals surface area contributed by atoms with Gasteiger partial charge < -0.3 is 9.15 Å². The minimum Gasteiger partial charge on any atom is -0.487 e. The van der Waals surface area contributed by atoms with Gasteiger partial charge in [-0.15, -0.1) is 10.2 Å². The first-order valence-electron chi connectivity index (χ1n) is 6.96. The van der Waals surface area contributed by atoms with Crippen LogP contribution in [0.2, 0.25) is 0 Å². The Balaban J connectivity index is 1.67. The summed E-state index contributed by atoms with van der Waals surface area (Å²) in [5.41, 5.74) is 0.795. The van der Waals surface area contributed by atoms with E-state index in [1.165, 1.54) is 18.3 Å². The maximum Gasteiger partial charge on any atom is 0.314 e. The number of hydrogen-bond acceptors (Lipinski definition) is 6. The van der Waals surface area contributed by atoms with Gasteiger partial charge in [-0.25, -0.2) is 4.39 Å². The fourth-order valence-corrected chi connectivity index (χ4v) is 1.91. The lowest BCUT2D eigenvalue weighted by atomic mass is 10.2. The van der Waals surface area contributed by atoms with Crippen molar-refractivity contribution in [1.82, 2.24) is 15.2 Å². The number of alkyl halides is 2. The molecule has 9 heteroatoms. The van der Waals surface area contributed by atoms with Crippen LogP contribution in [0.15, 0.2) is 40.9 Å². The summed E-state index contributed by atoms with van der Waals surface area (Å²) in [6.45, 7) is 0.0723. The molecule has 3 rings (SSSR count). The Kier molecular flexibility index (Phi) is 4.61. The van der Waals surface area contributed by atoms with Gasteiger partial charge in [-0.1, -0.05) is 0 Å². The molecule has 0 aliphatic carbocycles. The summed E-state index contributed by atoms with van der Waals surface area (Å²) < 4.78 is 48.4. The highest BCUT2D eigenvalue weighted by atomic mass is 19.3. The number of ether oxygens (including phenoxy) is 1. The van der Waals surface area contributed by atoms with Gasteiger partial charge in [0.2, 0.25) is 5.89 Å². The third-order valence-corrected chi connectivity index (χ3v) is 3.14. The van der Waals surface area contributed by atoms with Gasteiger partial charge in [-0.2, -0.15) is 14.0 Å². The monoisotopic (exact) mass is 346 g/mol. The van der Waals surface area contributed by atoms with E-state index in [0.29, 0.717) is 17.0 Å². The van der Waals surface area contributed by atoms with Crippen molar-refractivity contribution < 1.29 is 22.3 Å². The number of pyridine rings is 1. The number of benzene rings is 1. The van der Waals surface area contributed by atoms with Crippen LogP contribution in [0.1, 0.15) is 23.6 Å². The molecule has 0 fully saturated rings. The first-order chi connectivity index (χ1) is 12.1. The van der Waals surface area contributed by atoms with E-state index >= 15 is 0 Å². The molecule has 2 aromatic heterocycles. The Bertz CT molecular complexity index is 920. The topological polar surface area (TPSA) is 84.8 Å². The summed E-state index contributed by atoms with van der Waals surface area (Å²) in [5.74, 6) is -1.12. The van der Waals surface area contributed by atoms with Crippen molar-refractivity contribution in [2.45, 2.75) is 13.0 Å². The minimum absolute atomic E-state index is 0.0625. The fraction of sp³-hybridized carbons (Fsp3) is 0.125. The molecule has 2 heterocycles. The van der Waals surface area contributed by atoms with Crippen molar-refractivity contribution >= 4 is 0 Å². The second-order valence-electron chi connectivity index (χ2n) is 4.83. The first-order valence-corrected chi connectivity index (χ1v) is 6.96. The largest absolute Gasteiger partial charge is 0.487 e. The molecule has 0 saturated carbocycles. The molecule has 0 atom stereocenters. The van der Waals surface area contributed by atoms with Crippen molar-refractivity contribution in [2.75, 3.05) is 0 Å². The van der Waals surface area contributed by atoms with Gasteiger partial charge in [0.1, 0.15) is 24.2 Å². The highest BCUT2D eigenvalue weighted by Crippen LogP contribution is 2.23. The molecular weight excluding hydrogens is 337 g/mol. The average Bonchev–Trinajstić information content (AvgIpc) is 3.12. The van der Waals surface area contributed by atoms with E-state index in [0.717, 1.165) is 6.07 Å². The Morgan fingerprint density at radius 3 is 2.68 bits per heavy atom. The predicted octanol–water partition coefficient (Wildman–Crippen LogP) is 3.66. The summed E-state index contributed by atoms with van der Waals surface area (Å²) >= 11 is 0. The summed E-state index contributed by atoms with van der Waals surface area (Å²) in [7, 11) is 0. The van der Waals surface area contributed by atoms with Crippen molar-refractivity contribution in [3.05, 3.63) is 59.5 Å². The SMILES string of the molecule is N#Cc1cc(OCc2ccc(-c3nnc(C(F)F)o3)cn2)ccc1F. The van der Waals surface area contributed by atoms with E-state index in [1.807, 2.05) is 0 Å². The van der Waals surface area contributed by atoms with Crippen LogP contribution in [0.3, 0.4) is 0 Å². The first kappa shape index (κ1) is 16.4. The smallest absolute Gasteiger partial charge is 0.314 e. The lowest BCUT2D eigenvalue weighted by molar-refractivity contribution is 0.116. The Labute approximate surface area is 139 Å². The van der Waals surface area contributed by atoms with E-state index < -0.39 is 18.1 Å². The number of nitriles is 1. The molecule has 126 valence electrons. The molecule has 0 bridgehead atoms. The van der Waals surface area contributed by atoms with Crippen LogP contribution in [0.25, 0.3) is 11.5 Å². The van der Waals surface area contributed by atoms with Crippen molar-refractivity contribution in [3.8, 4) is 23.3 Å². The van der Waals surface area contributed by atoms with Crippen molar-refractivity contribution in [3.63, 3.8) is 0 Å².